The van der Waals surface area contributed by atoms with Crippen molar-refractivity contribution < 1.29 is 14.3 Å². The van der Waals surface area contributed by atoms with Crippen molar-refractivity contribution in [2.75, 3.05) is 26.2 Å². The highest BCUT2D eigenvalue weighted by molar-refractivity contribution is 6.07. The third-order valence-corrected chi connectivity index (χ3v) is 7.94. The van der Waals surface area contributed by atoms with Crippen LogP contribution in [-0.4, -0.2) is 53.5 Å². The molecule has 0 aromatic heterocycles. The molecule has 3 heterocycles. The summed E-state index contributed by atoms with van der Waals surface area (Å²) < 4.78 is 5.65. The topological polar surface area (TPSA) is 61.9 Å². The monoisotopic (exact) mass is 485 g/mol. The number of nitrogens with one attached hydrogen (secondary N) is 1. The van der Waals surface area contributed by atoms with Gasteiger partial charge in [-0.05, 0) is 80.8 Å². The number of hydrogen-bond donors (Lipinski definition) is 1. The van der Waals surface area contributed by atoms with Gasteiger partial charge in [-0.3, -0.25) is 14.6 Å². The van der Waals surface area contributed by atoms with Crippen LogP contribution in [0.4, 0.5) is 4.79 Å². The van der Waals surface area contributed by atoms with Crippen LogP contribution in [0.5, 0.6) is 5.75 Å². The van der Waals surface area contributed by atoms with Gasteiger partial charge in [0.15, 0.2) is 0 Å². The van der Waals surface area contributed by atoms with Crippen LogP contribution >= 0.6 is 0 Å². The summed E-state index contributed by atoms with van der Waals surface area (Å²) in [5.74, 6) is 6.76. The van der Waals surface area contributed by atoms with E-state index >= 15 is 0 Å². The second kappa shape index (κ2) is 10.8. The number of rotatable bonds is 8. The summed E-state index contributed by atoms with van der Waals surface area (Å²) >= 11 is 0. The Hall–Kier alpha value is -3.30. The maximum atomic E-state index is 13.7. The van der Waals surface area contributed by atoms with Crippen molar-refractivity contribution in [1.29, 1.82) is 0 Å². The Morgan fingerprint density at radius 2 is 1.89 bits per heavy atom. The van der Waals surface area contributed by atoms with Crippen molar-refractivity contribution in [3.63, 3.8) is 0 Å². The fraction of sp³-hybridized carbons (Fsp3) is 0.467. The Kier molecular flexibility index (Phi) is 7.29. The van der Waals surface area contributed by atoms with Crippen LogP contribution in [0, 0.1) is 17.8 Å². The number of nitrogens with zero attached hydrogens (tertiary/aromatic N) is 2. The van der Waals surface area contributed by atoms with Gasteiger partial charge in [0, 0.05) is 13.0 Å². The van der Waals surface area contributed by atoms with Crippen molar-refractivity contribution in [1.82, 2.24) is 15.1 Å². The number of ether oxygens (including phenoxy) is 1. The molecule has 6 heteroatoms. The van der Waals surface area contributed by atoms with Crippen molar-refractivity contribution in [3.8, 4) is 17.6 Å². The molecule has 6 nitrogen and oxygen atoms in total. The minimum Gasteiger partial charge on any atom is -0.493 e. The van der Waals surface area contributed by atoms with E-state index in [1.165, 1.54) is 21.6 Å². The summed E-state index contributed by atoms with van der Waals surface area (Å²) in [5, 5.41) is 3.16. The molecule has 0 saturated carbocycles. The normalized spacial score (nSPS) is 22.1. The highest BCUT2D eigenvalue weighted by atomic mass is 16.5. The molecule has 0 aliphatic carbocycles. The lowest BCUT2D eigenvalue weighted by molar-refractivity contribution is -0.134. The number of benzene rings is 2. The number of piperidine rings is 1. The van der Waals surface area contributed by atoms with Gasteiger partial charge in [0.25, 0.3) is 5.91 Å². The standard InChI is InChI=1S/C30H35N3O3/c1-2-3-17-33-28(34)30(31-29(33)35,16-7-10-23-8-5-4-6-9-23)26-13-18-32(19-14-26)22-24-11-12-27-25(21-24)15-20-36-27/h4-6,8-9,11-12,21,26H,7,10,13-20,22H2,1H3,(H,31,35)/t30-/m1/s1. The van der Waals surface area contributed by atoms with Crippen molar-refractivity contribution in [2.24, 2.45) is 5.92 Å². The Bertz CT molecular complexity index is 1160. The average molecular weight is 486 g/mol. The highest BCUT2D eigenvalue weighted by Crippen LogP contribution is 2.38. The zero-order chi connectivity index (χ0) is 25.0. The fourth-order valence-corrected chi connectivity index (χ4v) is 5.99. The minimum atomic E-state index is -0.835. The van der Waals surface area contributed by atoms with E-state index in [2.05, 4.69) is 52.4 Å². The molecule has 3 aliphatic heterocycles. The third-order valence-electron chi connectivity index (χ3n) is 7.94. The van der Waals surface area contributed by atoms with E-state index in [-0.39, 0.29) is 24.4 Å². The Labute approximate surface area is 214 Å². The van der Waals surface area contributed by atoms with E-state index in [0.717, 1.165) is 64.1 Å². The summed E-state index contributed by atoms with van der Waals surface area (Å²) in [6, 6.07) is 16.6. The van der Waals surface area contributed by atoms with Crippen LogP contribution in [0.3, 0.4) is 0 Å². The summed E-state index contributed by atoms with van der Waals surface area (Å²) in [6.07, 6.45) is 5.15. The molecule has 5 rings (SSSR count). The van der Waals surface area contributed by atoms with Crippen LogP contribution in [0.25, 0.3) is 0 Å². The van der Waals surface area contributed by atoms with Gasteiger partial charge in [0.05, 0.1) is 13.2 Å². The van der Waals surface area contributed by atoms with Crippen molar-refractivity contribution in [3.05, 3.63) is 65.2 Å². The van der Waals surface area contributed by atoms with Gasteiger partial charge < -0.3 is 10.1 Å². The Morgan fingerprint density at radius 1 is 1.08 bits per heavy atom. The second-order valence-corrected chi connectivity index (χ2v) is 10.1. The second-order valence-electron chi connectivity index (χ2n) is 10.1. The molecule has 36 heavy (non-hydrogen) atoms. The van der Waals surface area contributed by atoms with Crippen molar-refractivity contribution >= 4 is 11.9 Å². The number of hydrogen-bond acceptors (Lipinski definition) is 4. The van der Waals surface area contributed by atoms with Crippen molar-refractivity contribution in [2.45, 2.75) is 57.5 Å². The van der Waals surface area contributed by atoms with Crippen LogP contribution in [0.2, 0.25) is 0 Å². The molecule has 2 aromatic rings. The first-order chi connectivity index (χ1) is 17.6. The quantitative estimate of drug-likeness (QED) is 0.450. The zero-order valence-corrected chi connectivity index (χ0v) is 21.1. The molecule has 3 aliphatic rings. The van der Waals surface area contributed by atoms with Crippen LogP contribution in [0.1, 0.15) is 49.3 Å². The molecular weight excluding hydrogens is 450 g/mol. The molecule has 2 saturated heterocycles. The van der Waals surface area contributed by atoms with Gasteiger partial charge in [0.1, 0.15) is 11.3 Å². The van der Waals surface area contributed by atoms with Crippen LogP contribution < -0.4 is 10.1 Å². The first-order valence-electron chi connectivity index (χ1n) is 13.1. The predicted molar refractivity (Wildman–Crippen MR) is 139 cm³/mol. The number of carbonyl (C=O) groups excluding carboxylic acids is 2. The maximum Gasteiger partial charge on any atom is 0.325 e. The number of aryl methyl sites for hydroxylation is 1. The first kappa shape index (κ1) is 24.4. The summed E-state index contributed by atoms with van der Waals surface area (Å²) in [7, 11) is 0. The van der Waals surface area contributed by atoms with Crippen LogP contribution in [0.15, 0.2) is 48.5 Å². The number of carbonyl (C=O) groups is 2. The minimum absolute atomic E-state index is 0.0969. The maximum absolute atomic E-state index is 13.7. The van der Waals surface area contributed by atoms with Gasteiger partial charge in [-0.1, -0.05) is 48.4 Å². The Balaban J connectivity index is 1.27. The molecular formula is C30H35N3O3. The molecule has 0 unspecified atom stereocenters. The van der Waals surface area contributed by atoms with E-state index < -0.39 is 5.54 Å². The molecule has 1 N–H and O–H groups in total. The zero-order valence-electron chi connectivity index (χ0n) is 21.1. The largest absolute Gasteiger partial charge is 0.493 e. The molecule has 2 fully saturated rings. The number of likely N-dealkylation sites (tertiary alicyclic amines) is 1. The molecule has 1 atom stereocenters. The van der Waals surface area contributed by atoms with Gasteiger partial charge in [-0.25, -0.2) is 4.79 Å². The number of urea groups is 1. The highest BCUT2D eigenvalue weighted by Gasteiger charge is 2.55. The first-order valence-corrected chi connectivity index (χ1v) is 13.1. The van der Waals surface area contributed by atoms with Gasteiger partial charge in [-0.15, -0.1) is 5.92 Å². The average Bonchev–Trinajstić information content (AvgIpc) is 3.46. The summed E-state index contributed by atoms with van der Waals surface area (Å²) in [6.45, 7) is 5.39. The van der Waals surface area contributed by atoms with Gasteiger partial charge >= 0.3 is 6.03 Å². The lowest BCUT2D eigenvalue weighted by atomic mass is 9.74. The smallest absolute Gasteiger partial charge is 0.325 e. The van der Waals surface area contributed by atoms with Crippen LogP contribution in [-0.2, 0) is 24.2 Å². The summed E-state index contributed by atoms with van der Waals surface area (Å²) in [5.41, 5.74) is 3.03. The fourth-order valence-electron chi connectivity index (χ4n) is 5.99. The van der Waals surface area contributed by atoms with E-state index in [4.69, 9.17) is 4.74 Å². The molecule has 0 bridgehead atoms. The number of amides is 3. The number of imide groups is 1. The lowest BCUT2D eigenvalue weighted by Gasteiger charge is -2.41. The van der Waals surface area contributed by atoms with E-state index in [9.17, 15) is 9.59 Å². The van der Waals surface area contributed by atoms with Gasteiger partial charge in [-0.2, -0.15) is 0 Å². The number of fused-ring (bicyclic) bond motifs is 1. The van der Waals surface area contributed by atoms with E-state index in [0.29, 0.717) is 6.42 Å². The van der Waals surface area contributed by atoms with Gasteiger partial charge in [0.2, 0.25) is 0 Å². The molecule has 2 aromatic carbocycles. The molecule has 0 spiro atoms. The Morgan fingerprint density at radius 3 is 2.67 bits per heavy atom. The third kappa shape index (κ3) is 4.99. The SMILES string of the molecule is CC#CCN1C(=O)N[C@](CCCc2ccccc2)(C2CCN(Cc3ccc4c(c3)CCO4)CC2)C1=O. The molecule has 0 radical (unpaired) electrons. The van der Waals surface area contributed by atoms with E-state index in [1.807, 2.05) is 18.2 Å². The molecule has 188 valence electrons. The van der Waals surface area contributed by atoms with E-state index in [1.54, 1.807) is 6.92 Å². The predicted octanol–water partition coefficient (Wildman–Crippen LogP) is 4.17. The molecule has 3 amide bonds. The summed E-state index contributed by atoms with van der Waals surface area (Å²) in [4.78, 5) is 30.4. The lowest BCUT2D eigenvalue weighted by Crippen LogP contribution is -2.56.